The van der Waals surface area contributed by atoms with E-state index < -0.39 is 57.1 Å². The van der Waals surface area contributed by atoms with Crippen molar-refractivity contribution in [2.45, 2.75) is 36.1 Å². The number of benzene rings is 1. The van der Waals surface area contributed by atoms with Gasteiger partial charge in [0.15, 0.2) is 11.5 Å². The van der Waals surface area contributed by atoms with E-state index in [0.29, 0.717) is 12.8 Å². The number of sulfonamides is 1. The van der Waals surface area contributed by atoms with Crippen LogP contribution in [0.5, 0.6) is 0 Å². The topological polar surface area (TPSA) is 125 Å². The largest absolute Gasteiger partial charge is 0.455 e. The second kappa shape index (κ2) is 8.41. The van der Waals surface area contributed by atoms with E-state index in [1.807, 2.05) is 6.07 Å². The van der Waals surface area contributed by atoms with E-state index in [9.17, 15) is 26.8 Å². The van der Waals surface area contributed by atoms with E-state index in [2.05, 4.69) is 10.1 Å². The zero-order valence-corrected chi connectivity index (χ0v) is 14.9. The number of hydrogen-bond acceptors (Lipinski definition) is 6. The molecule has 11 heteroatoms. The van der Waals surface area contributed by atoms with Crippen molar-refractivity contribution in [3.8, 4) is 6.07 Å². The number of nitrogens with one attached hydrogen (secondary N) is 2. The Morgan fingerprint density at radius 3 is 2.37 bits per heavy atom. The fraction of sp³-hybridized carbons (Fsp3) is 0.438. The van der Waals surface area contributed by atoms with E-state index in [1.165, 1.54) is 0 Å². The van der Waals surface area contributed by atoms with Gasteiger partial charge in [0.2, 0.25) is 10.0 Å². The fourth-order valence-electron chi connectivity index (χ4n) is 2.71. The van der Waals surface area contributed by atoms with Crippen LogP contribution in [0.15, 0.2) is 23.1 Å². The number of nitriles is 1. The number of esters is 1. The standard InChI is InChI=1S/C16H17F2N3O5S/c17-11-4-3-5-12(18)15(11)27(24,25)20-8-14(23)26-9-13(22)21-16(10-19)6-1-2-7-16/h3-5,20H,1-2,6-9H2,(H,21,22). The van der Waals surface area contributed by atoms with Gasteiger partial charge in [0, 0.05) is 0 Å². The molecule has 146 valence electrons. The van der Waals surface area contributed by atoms with Crippen molar-refractivity contribution >= 4 is 21.9 Å². The molecule has 0 radical (unpaired) electrons. The quantitative estimate of drug-likeness (QED) is 0.649. The summed E-state index contributed by atoms with van der Waals surface area (Å²) in [7, 11) is -4.63. The highest BCUT2D eigenvalue weighted by atomic mass is 32.2. The molecule has 0 saturated heterocycles. The molecule has 8 nitrogen and oxygen atoms in total. The van der Waals surface area contributed by atoms with E-state index in [-0.39, 0.29) is 0 Å². The van der Waals surface area contributed by atoms with Crippen molar-refractivity contribution in [3.63, 3.8) is 0 Å². The third kappa shape index (κ3) is 5.21. The van der Waals surface area contributed by atoms with Crippen LogP contribution in [-0.2, 0) is 24.3 Å². The molecule has 2 N–H and O–H groups in total. The van der Waals surface area contributed by atoms with Gasteiger partial charge in [-0.15, -0.1) is 0 Å². The Bertz CT molecular complexity index is 856. The van der Waals surface area contributed by atoms with Crippen molar-refractivity contribution in [1.82, 2.24) is 10.0 Å². The number of carbonyl (C=O) groups excluding carboxylic acids is 2. The first-order chi connectivity index (χ1) is 12.7. The molecule has 0 bridgehead atoms. The molecule has 27 heavy (non-hydrogen) atoms. The van der Waals surface area contributed by atoms with E-state index in [1.54, 1.807) is 4.72 Å². The predicted octanol–water partition coefficient (Wildman–Crippen LogP) is 0.739. The molecule has 0 spiro atoms. The molecular weight excluding hydrogens is 384 g/mol. The van der Waals surface area contributed by atoms with Crippen LogP contribution in [0.2, 0.25) is 0 Å². The number of amides is 1. The smallest absolute Gasteiger partial charge is 0.321 e. The van der Waals surface area contributed by atoms with E-state index in [0.717, 1.165) is 31.0 Å². The maximum atomic E-state index is 13.5. The molecule has 1 fully saturated rings. The van der Waals surface area contributed by atoms with Gasteiger partial charge < -0.3 is 10.1 Å². The third-order valence-corrected chi connectivity index (χ3v) is 5.46. The lowest BCUT2D eigenvalue weighted by Gasteiger charge is -2.21. The second-order valence-electron chi connectivity index (χ2n) is 5.99. The molecule has 1 amide bonds. The number of carbonyl (C=O) groups is 2. The first-order valence-corrected chi connectivity index (χ1v) is 9.49. The Kier molecular flexibility index (Phi) is 6.45. The van der Waals surface area contributed by atoms with E-state index >= 15 is 0 Å². The zero-order chi connectivity index (χ0) is 20.1. The molecular formula is C16H17F2N3O5S. The molecule has 1 saturated carbocycles. The van der Waals surface area contributed by atoms with Crippen molar-refractivity contribution < 1.29 is 31.5 Å². The van der Waals surface area contributed by atoms with Crippen molar-refractivity contribution in [1.29, 1.82) is 5.26 Å². The average molecular weight is 401 g/mol. The Morgan fingerprint density at radius 2 is 1.81 bits per heavy atom. The summed E-state index contributed by atoms with van der Waals surface area (Å²) in [6, 6.07) is 4.55. The maximum Gasteiger partial charge on any atom is 0.321 e. The van der Waals surface area contributed by atoms with Gasteiger partial charge in [-0.2, -0.15) is 9.98 Å². The number of hydrogen-bond donors (Lipinski definition) is 2. The highest BCUT2D eigenvalue weighted by Gasteiger charge is 2.35. The summed E-state index contributed by atoms with van der Waals surface area (Å²) >= 11 is 0. The molecule has 0 aromatic heterocycles. The van der Waals surface area contributed by atoms with Gasteiger partial charge in [-0.05, 0) is 37.8 Å². The lowest BCUT2D eigenvalue weighted by atomic mass is 10.00. The SMILES string of the molecule is N#CC1(NC(=O)COC(=O)CNS(=O)(=O)c2c(F)cccc2F)CCCC1. The van der Waals surface area contributed by atoms with E-state index in [4.69, 9.17) is 5.26 Å². The van der Waals surface area contributed by atoms with Gasteiger partial charge >= 0.3 is 5.97 Å². The summed E-state index contributed by atoms with van der Waals surface area (Å²) < 4.78 is 57.2. The zero-order valence-electron chi connectivity index (χ0n) is 14.1. The van der Waals surface area contributed by atoms with Crippen LogP contribution in [0, 0.1) is 23.0 Å². The molecule has 1 aliphatic rings. The van der Waals surface area contributed by atoms with Crippen LogP contribution >= 0.6 is 0 Å². The van der Waals surface area contributed by atoms with Gasteiger partial charge in [0.25, 0.3) is 5.91 Å². The van der Waals surface area contributed by atoms with Crippen LogP contribution in [-0.4, -0.2) is 39.0 Å². The van der Waals surface area contributed by atoms with Crippen LogP contribution < -0.4 is 10.0 Å². The number of ether oxygens (including phenoxy) is 1. The molecule has 0 unspecified atom stereocenters. The summed E-state index contributed by atoms with van der Waals surface area (Å²) in [5, 5.41) is 11.7. The maximum absolute atomic E-state index is 13.5. The highest BCUT2D eigenvalue weighted by Crippen LogP contribution is 2.28. The summed E-state index contributed by atoms with van der Waals surface area (Å²) in [5.41, 5.74) is -0.979. The average Bonchev–Trinajstić information content (AvgIpc) is 3.07. The first kappa shape index (κ1) is 20.7. The summed E-state index contributed by atoms with van der Waals surface area (Å²) in [6.45, 7) is -1.63. The highest BCUT2D eigenvalue weighted by molar-refractivity contribution is 7.89. The molecule has 1 aliphatic carbocycles. The van der Waals surface area contributed by atoms with Crippen LogP contribution in [0.3, 0.4) is 0 Å². The minimum Gasteiger partial charge on any atom is -0.455 e. The fourth-order valence-corrected chi connectivity index (χ4v) is 3.81. The summed E-state index contributed by atoms with van der Waals surface area (Å²) in [4.78, 5) is 22.2. The molecule has 1 aromatic carbocycles. The Hall–Kier alpha value is -2.58. The lowest BCUT2D eigenvalue weighted by Crippen LogP contribution is -2.47. The number of halogens is 2. The minimum atomic E-state index is -4.63. The van der Waals surface area contributed by atoms with Crippen LogP contribution in [0.1, 0.15) is 25.7 Å². The van der Waals surface area contributed by atoms with Crippen molar-refractivity contribution in [2.24, 2.45) is 0 Å². The normalized spacial score (nSPS) is 15.7. The predicted molar refractivity (Wildman–Crippen MR) is 87.5 cm³/mol. The van der Waals surface area contributed by atoms with Crippen molar-refractivity contribution in [2.75, 3.05) is 13.2 Å². The van der Waals surface area contributed by atoms with Gasteiger partial charge in [-0.25, -0.2) is 17.2 Å². The van der Waals surface area contributed by atoms with Crippen LogP contribution in [0.4, 0.5) is 8.78 Å². The third-order valence-electron chi connectivity index (χ3n) is 4.01. The molecule has 0 aliphatic heterocycles. The molecule has 1 aromatic rings. The first-order valence-electron chi connectivity index (χ1n) is 8.01. The van der Waals surface area contributed by atoms with Crippen LogP contribution in [0.25, 0.3) is 0 Å². The summed E-state index contributed by atoms with van der Waals surface area (Å²) in [6.07, 6.45) is 2.58. The van der Waals surface area contributed by atoms with Gasteiger partial charge in [0.05, 0.1) is 6.07 Å². The minimum absolute atomic E-state index is 0.497. The summed E-state index contributed by atoms with van der Waals surface area (Å²) in [5.74, 6) is -4.44. The second-order valence-corrected chi connectivity index (χ2v) is 7.69. The van der Waals surface area contributed by atoms with Gasteiger partial charge in [-0.3, -0.25) is 9.59 Å². The molecule has 2 rings (SSSR count). The molecule has 0 atom stereocenters. The Labute approximate surface area is 154 Å². The number of nitrogens with zero attached hydrogens (tertiary/aromatic N) is 1. The monoisotopic (exact) mass is 401 g/mol. The Balaban J connectivity index is 1.86. The lowest BCUT2D eigenvalue weighted by molar-refractivity contribution is -0.147. The van der Waals surface area contributed by atoms with Gasteiger partial charge in [-0.1, -0.05) is 6.07 Å². The number of rotatable bonds is 7. The molecule has 0 heterocycles. The van der Waals surface area contributed by atoms with Crippen molar-refractivity contribution in [3.05, 3.63) is 29.8 Å². The Morgan fingerprint density at radius 1 is 1.22 bits per heavy atom. The van der Waals surface area contributed by atoms with Gasteiger partial charge in [0.1, 0.15) is 23.7 Å².